The molecular formula is C13H27NO2. The average Bonchev–Trinajstić information content (AvgIpc) is 2.20. The fourth-order valence-electron chi connectivity index (χ4n) is 1.80. The number of carboxylic acids is 1. The lowest BCUT2D eigenvalue weighted by atomic mass is 10.1. The minimum atomic E-state index is -0.670. The summed E-state index contributed by atoms with van der Waals surface area (Å²) in [6, 6.07) is 0.344. The maximum absolute atomic E-state index is 10.3. The van der Waals surface area contributed by atoms with Crippen molar-refractivity contribution < 1.29 is 9.90 Å². The van der Waals surface area contributed by atoms with Gasteiger partial charge in [0.15, 0.2) is 0 Å². The molecule has 0 fully saturated rings. The highest BCUT2D eigenvalue weighted by Crippen LogP contribution is 2.10. The van der Waals surface area contributed by atoms with E-state index in [1.165, 1.54) is 38.5 Å². The molecule has 0 aliphatic rings. The van der Waals surface area contributed by atoms with Crippen LogP contribution in [0.4, 0.5) is 0 Å². The quantitative estimate of drug-likeness (QED) is 0.534. The van der Waals surface area contributed by atoms with Gasteiger partial charge >= 0.3 is 5.97 Å². The molecule has 0 radical (unpaired) electrons. The smallest absolute Gasteiger partial charge is 0.303 e. The topological polar surface area (TPSA) is 63.3 Å². The van der Waals surface area contributed by atoms with Gasteiger partial charge in [0.2, 0.25) is 0 Å². The zero-order valence-electron chi connectivity index (χ0n) is 10.6. The van der Waals surface area contributed by atoms with Crippen molar-refractivity contribution in [1.82, 2.24) is 0 Å². The molecule has 0 rings (SSSR count). The van der Waals surface area contributed by atoms with E-state index in [9.17, 15) is 4.79 Å². The molecule has 0 bridgehead atoms. The molecule has 0 aliphatic heterocycles. The van der Waals surface area contributed by atoms with E-state index in [0.717, 1.165) is 19.3 Å². The third-order valence-corrected chi connectivity index (χ3v) is 2.80. The number of hydrogen-bond acceptors (Lipinski definition) is 2. The first-order chi connectivity index (χ1) is 7.63. The van der Waals surface area contributed by atoms with Crippen LogP contribution in [-0.4, -0.2) is 17.1 Å². The molecule has 16 heavy (non-hydrogen) atoms. The molecule has 0 aromatic rings. The summed E-state index contributed by atoms with van der Waals surface area (Å²) < 4.78 is 0. The van der Waals surface area contributed by atoms with Crippen LogP contribution in [0, 0.1) is 0 Å². The van der Waals surface area contributed by atoms with Crippen molar-refractivity contribution in [2.75, 3.05) is 0 Å². The highest BCUT2D eigenvalue weighted by molar-refractivity contribution is 5.66. The summed E-state index contributed by atoms with van der Waals surface area (Å²) in [5, 5.41) is 8.45. The zero-order valence-corrected chi connectivity index (χ0v) is 10.6. The summed E-state index contributed by atoms with van der Waals surface area (Å²) in [5.74, 6) is -0.670. The Balaban J connectivity index is 2.96. The number of aliphatic carboxylic acids is 1. The normalized spacial score (nSPS) is 12.6. The molecule has 0 aliphatic carbocycles. The lowest BCUT2D eigenvalue weighted by Gasteiger charge is -2.04. The van der Waals surface area contributed by atoms with Crippen LogP contribution in [-0.2, 0) is 4.79 Å². The lowest BCUT2D eigenvalue weighted by Crippen LogP contribution is -2.13. The van der Waals surface area contributed by atoms with Gasteiger partial charge < -0.3 is 10.8 Å². The Labute approximate surface area is 99.4 Å². The van der Waals surface area contributed by atoms with Crippen molar-refractivity contribution in [3.63, 3.8) is 0 Å². The number of nitrogens with two attached hydrogens (primary N) is 1. The molecule has 0 aromatic heterocycles. The van der Waals surface area contributed by atoms with E-state index in [0.29, 0.717) is 12.5 Å². The maximum atomic E-state index is 10.3. The fraction of sp³-hybridized carbons (Fsp3) is 0.923. The molecule has 0 amide bonds. The van der Waals surface area contributed by atoms with Gasteiger partial charge in [0.05, 0.1) is 0 Å². The van der Waals surface area contributed by atoms with Crippen LogP contribution in [0.15, 0.2) is 0 Å². The van der Waals surface area contributed by atoms with Gasteiger partial charge in [0, 0.05) is 12.5 Å². The molecule has 0 heterocycles. The van der Waals surface area contributed by atoms with Crippen LogP contribution < -0.4 is 5.73 Å². The minimum Gasteiger partial charge on any atom is -0.481 e. The van der Waals surface area contributed by atoms with Gasteiger partial charge in [-0.15, -0.1) is 0 Å². The Kier molecular flexibility index (Phi) is 10.5. The van der Waals surface area contributed by atoms with E-state index in [1.807, 2.05) is 0 Å². The van der Waals surface area contributed by atoms with E-state index >= 15 is 0 Å². The van der Waals surface area contributed by atoms with Gasteiger partial charge in [0.1, 0.15) is 0 Å². The predicted molar refractivity (Wildman–Crippen MR) is 67.5 cm³/mol. The summed E-state index contributed by atoms with van der Waals surface area (Å²) in [6.07, 6.45) is 10.9. The molecular weight excluding hydrogens is 202 g/mol. The van der Waals surface area contributed by atoms with Gasteiger partial charge in [-0.3, -0.25) is 4.79 Å². The first kappa shape index (κ1) is 15.4. The SMILES string of the molecule is CC(N)CCCCCCCCCCC(=O)O. The Morgan fingerprint density at radius 1 is 1.00 bits per heavy atom. The number of carboxylic acid groups (broad SMARTS) is 1. The summed E-state index contributed by atoms with van der Waals surface area (Å²) >= 11 is 0. The van der Waals surface area contributed by atoms with E-state index in [1.54, 1.807) is 0 Å². The molecule has 1 unspecified atom stereocenters. The molecule has 3 heteroatoms. The maximum Gasteiger partial charge on any atom is 0.303 e. The van der Waals surface area contributed by atoms with Crippen LogP contribution in [0.3, 0.4) is 0 Å². The van der Waals surface area contributed by atoms with Crippen molar-refractivity contribution in [2.24, 2.45) is 5.73 Å². The third-order valence-electron chi connectivity index (χ3n) is 2.80. The molecule has 1 atom stereocenters. The second-order valence-electron chi connectivity index (χ2n) is 4.74. The van der Waals surface area contributed by atoms with Gasteiger partial charge in [-0.2, -0.15) is 0 Å². The predicted octanol–water partition coefficient (Wildman–Crippen LogP) is 3.32. The van der Waals surface area contributed by atoms with E-state index in [4.69, 9.17) is 10.8 Å². The van der Waals surface area contributed by atoms with Crippen LogP contribution in [0.5, 0.6) is 0 Å². The first-order valence-electron chi connectivity index (χ1n) is 6.60. The third kappa shape index (κ3) is 13.4. The number of rotatable bonds is 11. The van der Waals surface area contributed by atoms with Crippen molar-refractivity contribution in [3.05, 3.63) is 0 Å². The van der Waals surface area contributed by atoms with Gasteiger partial charge in [-0.1, -0.05) is 44.9 Å². The molecule has 3 N–H and O–H groups in total. The van der Waals surface area contributed by atoms with E-state index in [2.05, 4.69) is 6.92 Å². The molecule has 3 nitrogen and oxygen atoms in total. The van der Waals surface area contributed by atoms with E-state index < -0.39 is 5.97 Å². The van der Waals surface area contributed by atoms with Crippen LogP contribution in [0.1, 0.15) is 71.1 Å². The Morgan fingerprint density at radius 2 is 1.44 bits per heavy atom. The summed E-state index contributed by atoms with van der Waals surface area (Å²) in [5.41, 5.74) is 5.66. The largest absolute Gasteiger partial charge is 0.481 e. The first-order valence-corrected chi connectivity index (χ1v) is 6.60. The minimum absolute atomic E-state index is 0.328. The number of hydrogen-bond donors (Lipinski definition) is 2. The van der Waals surface area contributed by atoms with Gasteiger partial charge in [-0.25, -0.2) is 0 Å². The summed E-state index contributed by atoms with van der Waals surface area (Å²) in [7, 11) is 0. The molecule has 0 saturated heterocycles. The monoisotopic (exact) mass is 229 g/mol. The number of carbonyl (C=O) groups is 1. The van der Waals surface area contributed by atoms with Crippen molar-refractivity contribution in [1.29, 1.82) is 0 Å². The zero-order chi connectivity index (χ0) is 12.2. The van der Waals surface area contributed by atoms with Gasteiger partial charge in [0.25, 0.3) is 0 Å². The molecule has 0 spiro atoms. The summed E-state index contributed by atoms with van der Waals surface area (Å²) in [6.45, 7) is 2.06. The van der Waals surface area contributed by atoms with Crippen molar-refractivity contribution in [2.45, 2.75) is 77.2 Å². The standard InChI is InChI=1S/C13H27NO2/c1-12(14)10-8-6-4-2-3-5-7-9-11-13(15)16/h12H,2-11,14H2,1H3,(H,15,16). The van der Waals surface area contributed by atoms with Crippen LogP contribution >= 0.6 is 0 Å². The highest BCUT2D eigenvalue weighted by Gasteiger charge is 1.97. The molecule has 0 aromatic carbocycles. The van der Waals surface area contributed by atoms with Crippen molar-refractivity contribution in [3.8, 4) is 0 Å². The second-order valence-corrected chi connectivity index (χ2v) is 4.74. The van der Waals surface area contributed by atoms with E-state index in [-0.39, 0.29) is 0 Å². The molecule has 0 saturated carbocycles. The fourth-order valence-corrected chi connectivity index (χ4v) is 1.80. The van der Waals surface area contributed by atoms with Crippen LogP contribution in [0.2, 0.25) is 0 Å². The Bertz CT molecular complexity index is 169. The second kappa shape index (κ2) is 10.9. The number of unbranched alkanes of at least 4 members (excludes halogenated alkanes) is 7. The molecule has 96 valence electrons. The average molecular weight is 229 g/mol. The van der Waals surface area contributed by atoms with Gasteiger partial charge in [-0.05, 0) is 19.8 Å². The highest BCUT2D eigenvalue weighted by atomic mass is 16.4. The Morgan fingerprint density at radius 3 is 1.88 bits per heavy atom. The summed E-state index contributed by atoms with van der Waals surface area (Å²) in [4.78, 5) is 10.3. The Hall–Kier alpha value is -0.570. The van der Waals surface area contributed by atoms with Crippen LogP contribution in [0.25, 0.3) is 0 Å². The lowest BCUT2D eigenvalue weighted by molar-refractivity contribution is -0.137. The van der Waals surface area contributed by atoms with Crippen molar-refractivity contribution >= 4 is 5.97 Å².